The summed E-state index contributed by atoms with van der Waals surface area (Å²) < 4.78 is 45.5. The molecular weight excluding hydrogens is 395 g/mol. The van der Waals surface area contributed by atoms with Crippen LogP contribution in [0.1, 0.15) is 30.4 Å². The monoisotopic (exact) mass is 422 g/mol. The zero-order valence-electron chi connectivity index (χ0n) is 16.7. The maximum Gasteiger partial charge on any atom is 0.240 e. The van der Waals surface area contributed by atoms with Crippen molar-refractivity contribution in [1.29, 1.82) is 0 Å². The van der Waals surface area contributed by atoms with Gasteiger partial charge in [-0.25, -0.2) is 17.5 Å². The molecule has 0 aromatic heterocycles. The van der Waals surface area contributed by atoms with Crippen LogP contribution in [0.25, 0.3) is 0 Å². The summed E-state index contributed by atoms with van der Waals surface area (Å²) in [7, 11) is -3.64. The number of unbranched alkanes of at least 4 members (excludes halogenated alkanes) is 1. The van der Waals surface area contributed by atoms with E-state index < -0.39 is 10.0 Å². The Morgan fingerprint density at radius 2 is 1.76 bits per heavy atom. The molecule has 2 aromatic carbocycles. The molecule has 2 aromatic rings. The lowest BCUT2D eigenvalue weighted by Gasteiger charge is -2.10. The molecule has 0 saturated carbocycles. The normalized spacial score (nSPS) is 11.3. The zero-order chi connectivity index (χ0) is 21.3. The van der Waals surface area contributed by atoms with Crippen molar-refractivity contribution < 1.29 is 22.3 Å². The Balaban J connectivity index is 1.61. The van der Waals surface area contributed by atoms with E-state index in [0.29, 0.717) is 24.5 Å². The van der Waals surface area contributed by atoms with Crippen LogP contribution in [0.3, 0.4) is 0 Å². The highest BCUT2D eigenvalue weighted by Crippen LogP contribution is 2.16. The minimum atomic E-state index is -3.64. The summed E-state index contributed by atoms with van der Waals surface area (Å²) in [6.45, 7) is 4.55. The fourth-order valence-electron chi connectivity index (χ4n) is 2.64. The number of sulfonamides is 1. The highest BCUT2D eigenvalue weighted by molar-refractivity contribution is 7.89. The summed E-state index contributed by atoms with van der Waals surface area (Å²) in [5.41, 5.74) is 1.52. The van der Waals surface area contributed by atoms with Crippen molar-refractivity contribution in [3.63, 3.8) is 0 Å². The van der Waals surface area contributed by atoms with E-state index >= 15 is 0 Å². The van der Waals surface area contributed by atoms with Gasteiger partial charge in [0.05, 0.1) is 11.5 Å². The van der Waals surface area contributed by atoms with Gasteiger partial charge in [-0.05, 0) is 68.1 Å². The first kappa shape index (κ1) is 22.8. The van der Waals surface area contributed by atoms with Crippen LogP contribution in [0.4, 0.5) is 4.39 Å². The van der Waals surface area contributed by atoms with Gasteiger partial charge >= 0.3 is 0 Å². The minimum Gasteiger partial charge on any atom is -0.494 e. The molecule has 0 aliphatic rings. The summed E-state index contributed by atoms with van der Waals surface area (Å²) in [4.78, 5) is 12.1. The largest absolute Gasteiger partial charge is 0.494 e. The third-order valence-corrected chi connectivity index (χ3v) is 5.86. The van der Waals surface area contributed by atoms with E-state index in [2.05, 4.69) is 10.0 Å². The number of amides is 1. The van der Waals surface area contributed by atoms with Crippen molar-refractivity contribution in [3.8, 4) is 5.75 Å². The number of halogens is 1. The number of hydrogen-bond acceptors (Lipinski definition) is 4. The number of carbonyl (C=O) groups is 1. The van der Waals surface area contributed by atoms with Gasteiger partial charge in [-0.1, -0.05) is 12.1 Å². The van der Waals surface area contributed by atoms with Crippen molar-refractivity contribution in [2.45, 2.75) is 38.0 Å². The lowest BCUT2D eigenvalue weighted by Crippen LogP contribution is -2.31. The highest BCUT2D eigenvalue weighted by Gasteiger charge is 2.16. The molecule has 29 heavy (non-hydrogen) atoms. The first-order chi connectivity index (χ1) is 13.8. The molecule has 0 spiro atoms. The van der Waals surface area contributed by atoms with E-state index in [4.69, 9.17) is 4.74 Å². The van der Waals surface area contributed by atoms with Crippen LogP contribution in [0.15, 0.2) is 47.4 Å². The highest BCUT2D eigenvalue weighted by atomic mass is 32.2. The maximum atomic E-state index is 12.8. The lowest BCUT2D eigenvalue weighted by atomic mass is 10.2. The molecule has 1 amide bonds. The quantitative estimate of drug-likeness (QED) is 0.545. The van der Waals surface area contributed by atoms with E-state index in [0.717, 1.165) is 18.4 Å². The Kier molecular flexibility index (Phi) is 8.60. The Morgan fingerprint density at radius 3 is 2.48 bits per heavy atom. The van der Waals surface area contributed by atoms with Crippen molar-refractivity contribution in [1.82, 2.24) is 10.0 Å². The lowest BCUT2D eigenvalue weighted by molar-refractivity contribution is -0.120. The molecule has 6 nitrogen and oxygen atoms in total. The van der Waals surface area contributed by atoms with Crippen LogP contribution < -0.4 is 14.8 Å². The van der Waals surface area contributed by atoms with Crippen molar-refractivity contribution >= 4 is 15.9 Å². The molecule has 158 valence electrons. The molecule has 0 unspecified atom stereocenters. The number of benzene rings is 2. The number of rotatable bonds is 11. The SMILES string of the molecule is Cc1ccc(C)c(S(=O)(=O)NCCC(=O)NCCCCOc2ccc(F)cc2)c1. The molecular formula is C21H27FN2O4S. The van der Waals surface area contributed by atoms with Crippen LogP contribution >= 0.6 is 0 Å². The molecule has 2 N–H and O–H groups in total. The van der Waals surface area contributed by atoms with Gasteiger partial charge in [0.15, 0.2) is 0 Å². The van der Waals surface area contributed by atoms with Crippen molar-refractivity contribution in [2.24, 2.45) is 0 Å². The van der Waals surface area contributed by atoms with E-state index in [1.54, 1.807) is 31.2 Å². The summed E-state index contributed by atoms with van der Waals surface area (Å²) in [6.07, 6.45) is 1.52. The second kappa shape index (κ2) is 10.9. The van der Waals surface area contributed by atoms with Gasteiger partial charge in [-0.2, -0.15) is 0 Å². The Hall–Kier alpha value is -2.45. The third-order valence-electron chi connectivity index (χ3n) is 4.25. The molecule has 0 heterocycles. The van der Waals surface area contributed by atoms with E-state index in [-0.39, 0.29) is 29.6 Å². The second-order valence-corrected chi connectivity index (χ2v) is 8.51. The van der Waals surface area contributed by atoms with Crippen LogP contribution in [-0.2, 0) is 14.8 Å². The number of ether oxygens (including phenoxy) is 1. The minimum absolute atomic E-state index is 0.0369. The number of carbonyl (C=O) groups excluding carboxylic acids is 1. The van der Waals surface area contributed by atoms with Crippen LogP contribution in [0.5, 0.6) is 5.75 Å². The Morgan fingerprint density at radius 1 is 1.03 bits per heavy atom. The van der Waals surface area contributed by atoms with Gasteiger partial charge in [0, 0.05) is 19.5 Å². The maximum absolute atomic E-state index is 12.8. The molecule has 2 rings (SSSR count). The molecule has 0 radical (unpaired) electrons. The fourth-order valence-corrected chi connectivity index (χ4v) is 4.00. The number of hydrogen-bond donors (Lipinski definition) is 2. The van der Waals surface area contributed by atoms with Gasteiger partial charge in [0.1, 0.15) is 11.6 Å². The average Bonchev–Trinajstić information content (AvgIpc) is 2.67. The number of aryl methyl sites for hydroxylation is 2. The molecule has 0 aliphatic heterocycles. The predicted octanol–water partition coefficient (Wildman–Crippen LogP) is 3.09. The van der Waals surface area contributed by atoms with Gasteiger partial charge in [0.2, 0.25) is 15.9 Å². The molecule has 0 aliphatic carbocycles. The molecule has 0 bridgehead atoms. The van der Waals surface area contributed by atoms with E-state index in [1.807, 2.05) is 13.0 Å². The summed E-state index contributed by atoms with van der Waals surface area (Å²) in [6, 6.07) is 11.0. The molecule has 0 saturated heterocycles. The summed E-state index contributed by atoms with van der Waals surface area (Å²) in [5.74, 6) is 0.0797. The van der Waals surface area contributed by atoms with Gasteiger partial charge in [-0.3, -0.25) is 4.79 Å². The fraction of sp³-hybridized carbons (Fsp3) is 0.381. The molecule has 0 fully saturated rings. The van der Waals surface area contributed by atoms with Gasteiger partial charge < -0.3 is 10.1 Å². The van der Waals surface area contributed by atoms with E-state index in [1.165, 1.54) is 12.1 Å². The summed E-state index contributed by atoms with van der Waals surface area (Å²) >= 11 is 0. The second-order valence-electron chi connectivity index (χ2n) is 6.78. The third kappa shape index (κ3) is 7.83. The predicted molar refractivity (Wildman–Crippen MR) is 110 cm³/mol. The zero-order valence-corrected chi connectivity index (χ0v) is 17.5. The van der Waals surface area contributed by atoms with Crippen LogP contribution in [-0.4, -0.2) is 34.0 Å². The summed E-state index contributed by atoms with van der Waals surface area (Å²) in [5, 5.41) is 2.76. The van der Waals surface area contributed by atoms with Gasteiger partial charge in [0.25, 0.3) is 0 Å². The van der Waals surface area contributed by atoms with Crippen molar-refractivity contribution in [2.75, 3.05) is 19.7 Å². The Labute approximate surface area is 171 Å². The molecule has 0 atom stereocenters. The Bertz CT molecular complexity index is 915. The van der Waals surface area contributed by atoms with Crippen LogP contribution in [0, 0.1) is 19.7 Å². The average molecular weight is 423 g/mol. The molecule has 8 heteroatoms. The first-order valence-electron chi connectivity index (χ1n) is 9.50. The smallest absolute Gasteiger partial charge is 0.240 e. The topological polar surface area (TPSA) is 84.5 Å². The number of nitrogens with one attached hydrogen (secondary N) is 2. The standard InChI is InChI=1S/C21H27FN2O4S/c1-16-5-6-17(2)20(15-16)29(26,27)24-13-11-21(25)23-12-3-4-14-28-19-9-7-18(22)8-10-19/h5-10,15,24H,3-4,11-14H2,1-2H3,(H,23,25). The first-order valence-corrected chi connectivity index (χ1v) is 11.0. The van der Waals surface area contributed by atoms with Crippen LogP contribution in [0.2, 0.25) is 0 Å². The van der Waals surface area contributed by atoms with Gasteiger partial charge in [-0.15, -0.1) is 0 Å². The van der Waals surface area contributed by atoms with E-state index in [9.17, 15) is 17.6 Å². The van der Waals surface area contributed by atoms with Crippen molar-refractivity contribution in [3.05, 3.63) is 59.4 Å².